The standard InChI is InChI=1S/C25H19NO5S2/c1-18-9-15-22(16-10-18)33(29,30)25(23(27)26-24(28)32-25)17-5-6-19-11-13-21(14-12-19)31-20-7-3-2-4-8-20/h2-4,7-16H,17H2,1H3,(H,26,27,28). The number of hydrogen-bond acceptors (Lipinski definition) is 6. The molecule has 4 rings (SSSR count). The summed E-state index contributed by atoms with van der Waals surface area (Å²) in [6.45, 7) is 1.83. The number of amides is 2. The van der Waals surface area contributed by atoms with Gasteiger partial charge in [0.15, 0.2) is 0 Å². The third-order valence-electron chi connectivity index (χ3n) is 4.97. The highest BCUT2D eigenvalue weighted by Gasteiger charge is 2.58. The number of ether oxygens (including phenoxy) is 1. The van der Waals surface area contributed by atoms with Crippen LogP contribution in [-0.2, 0) is 14.6 Å². The molecule has 2 amide bonds. The summed E-state index contributed by atoms with van der Waals surface area (Å²) in [6.07, 6.45) is -0.340. The van der Waals surface area contributed by atoms with Gasteiger partial charge in [-0.3, -0.25) is 14.9 Å². The fourth-order valence-corrected chi connectivity index (χ4v) is 6.32. The minimum atomic E-state index is -4.19. The van der Waals surface area contributed by atoms with Crippen LogP contribution in [0.3, 0.4) is 0 Å². The van der Waals surface area contributed by atoms with Crippen molar-refractivity contribution in [1.82, 2.24) is 5.32 Å². The molecule has 1 unspecified atom stereocenters. The Balaban J connectivity index is 1.57. The van der Waals surface area contributed by atoms with Crippen LogP contribution in [0.4, 0.5) is 4.79 Å². The van der Waals surface area contributed by atoms with Gasteiger partial charge in [0.2, 0.25) is 13.9 Å². The van der Waals surface area contributed by atoms with Gasteiger partial charge in [-0.2, -0.15) is 0 Å². The fourth-order valence-electron chi connectivity index (χ4n) is 3.20. The predicted molar refractivity (Wildman–Crippen MR) is 127 cm³/mol. The molecule has 0 bridgehead atoms. The summed E-state index contributed by atoms with van der Waals surface area (Å²) < 4.78 is 30.4. The van der Waals surface area contributed by atoms with E-state index in [1.165, 1.54) is 12.1 Å². The molecule has 1 atom stereocenters. The van der Waals surface area contributed by atoms with E-state index in [1.807, 2.05) is 37.3 Å². The van der Waals surface area contributed by atoms with Gasteiger partial charge in [0.1, 0.15) is 11.5 Å². The number of benzene rings is 3. The maximum absolute atomic E-state index is 13.4. The zero-order valence-corrected chi connectivity index (χ0v) is 19.2. The molecule has 0 spiro atoms. The van der Waals surface area contributed by atoms with E-state index in [9.17, 15) is 18.0 Å². The number of sulfone groups is 1. The average Bonchev–Trinajstić information content (AvgIpc) is 3.10. The van der Waals surface area contributed by atoms with Crippen LogP contribution in [0.2, 0.25) is 0 Å². The van der Waals surface area contributed by atoms with Crippen LogP contribution >= 0.6 is 11.8 Å². The Bertz CT molecular complexity index is 1360. The molecule has 1 aliphatic rings. The van der Waals surface area contributed by atoms with Crippen LogP contribution in [0, 0.1) is 18.8 Å². The van der Waals surface area contributed by atoms with Crippen LogP contribution in [0.25, 0.3) is 0 Å². The van der Waals surface area contributed by atoms with Gasteiger partial charge in [-0.15, -0.1) is 0 Å². The number of aryl methyl sites for hydroxylation is 1. The Morgan fingerprint density at radius 3 is 2.15 bits per heavy atom. The lowest BCUT2D eigenvalue weighted by molar-refractivity contribution is -0.119. The number of rotatable bonds is 5. The number of para-hydroxylation sites is 1. The normalized spacial score (nSPS) is 17.7. The van der Waals surface area contributed by atoms with Crippen molar-refractivity contribution >= 4 is 32.7 Å². The molecule has 1 fully saturated rings. The summed E-state index contributed by atoms with van der Waals surface area (Å²) in [7, 11) is -4.19. The smallest absolute Gasteiger partial charge is 0.287 e. The highest BCUT2D eigenvalue weighted by molar-refractivity contribution is 8.25. The quantitative estimate of drug-likeness (QED) is 0.537. The predicted octanol–water partition coefficient (Wildman–Crippen LogP) is 4.68. The molecule has 3 aromatic rings. The van der Waals surface area contributed by atoms with E-state index in [4.69, 9.17) is 4.74 Å². The molecule has 3 aromatic carbocycles. The number of hydrogen-bond donors (Lipinski definition) is 1. The van der Waals surface area contributed by atoms with E-state index in [-0.39, 0.29) is 11.3 Å². The lowest BCUT2D eigenvalue weighted by atomic mass is 10.2. The lowest BCUT2D eigenvalue weighted by Crippen LogP contribution is -2.43. The summed E-state index contributed by atoms with van der Waals surface area (Å²) in [4.78, 5) is 24.5. The van der Waals surface area contributed by atoms with E-state index < -0.39 is 25.1 Å². The molecule has 166 valence electrons. The van der Waals surface area contributed by atoms with Gasteiger partial charge in [0.05, 0.1) is 4.90 Å². The summed E-state index contributed by atoms with van der Waals surface area (Å²) in [5.41, 5.74) is 1.50. The molecule has 6 nitrogen and oxygen atoms in total. The fraction of sp³-hybridized carbons (Fsp3) is 0.120. The molecule has 1 heterocycles. The Morgan fingerprint density at radius 2 is 1.55 bits per heavy atom. The highest BCUT2D eigenvalue weighted by Crippen LogP contribution is 2.43. The number of nitrogens with one attached hydrogen (secondary N) is 1. The lowest BCUT2D eigenvalue weighted by Gasteiger charge is -2.22. The number of imide groups is 1. The Hall–Kier alpha value is -3.54. The number of carbonyl (C=O) groups is 2. The Kier molecular flexibility index (Phi) is 6.27. The van der Waals surface area contributed by atoms with Crippen LogP contribution in [0.5, 0.6) is 11.5 Å². The molecule has 8 heteroatoms. The minimum absolute atomic E-state index is 0.0327. The second-order valence-corrected chi connectivity index (χ2v) is 11.0. The Labute approximate surface area is 196 Å². The maximum atomic E-state index is 13.4. The van der Waals surface area contributed by atoms with Crippen LogP contribution in [0.1, 0.15) is 17.5 Å². The average molecular weight is 478 g/mol. The topological polar surface area (TPSA) is 89.5 Å². The van der Waals surface area contributed by atoms with E-state index >= 15 is 0 Å². The maximum Gasteiger partial charge on any atom is 0.287 e. The van der Waals surface area contributed by atoms with Crippen LogP contribution < -0.4 is 10.1 Å². The largest absolute Gasteiger partial charge is 0.457 e. The molecule has 0 radical (unpaired) electrons. The van der Waals surface area contributed by atoms with Crippen LogP contribution in [0.15, 0.2) is 83.8 Å². The summed E-state index contributed by atoms with van der Waals surface area (Å²) in [6, 6.07) is 22.4. The van der Waals surface area contributed by atoms with E-state index in [0.29, 0.717) is 28.8 Å². The second kappa shape index (κ2) is 9.14. The van der Waals surface area contributed by atoms with Crippen molar-refractivity contribution in [2.75, 3.05) is 0 Å². The Morgan fingerprint density at radius 1 is 0.909 bits per heavy atom. The molecule has 1 N–H and O–H groups in total. The molecule has 1 aliphatic heterocycles. The highest BCUT2D eigenvalue weighted by atomic mass is 32.3. The van der Waals surface area contributed by atoms with Gasteiger partial charge in [-0.05, 0) is 67.2 Å². The van der Waals surface area contributed by atoms with E-state index in [0.717, 1.165) is 5.56 Å². The van der Waals surface area contributed by atoms with Gasteiger partial charge >= 0.3 is 0 Å². The number of carbonyl (C=O) groups excluding carboxylic acids is 2. The SMILES string of the molecule is Cc1ccc(S(=O)(=O)C2(CC#Cc3ccc(Oc4ccccc4)cc3)SC(=O)NC2=O)cc1. The van der Waals surface area contributed by atoms with Gasteiger partial charge in [0, 0.05) is 12.0 Å². The van der Waals surface area contributed by atoms with Crippen molar-refractivity contribution in [3.63, 3.8) is 0 Å². The third kappa shape index (κ3) is 4.65. The van der Waals surface area contributed by atoms with Crippen molar-refractivity contribution in [1.29, 1.82) is 0 Å². The summed E-state index contributed by atoms with van der Waals surface area (Å²) in [5.74, 6) is 6.12. The van der Waals surface area contributed by atoms with Crippen molar-refractivity contribution in [3.8, 4) is 23.3 Å². The molecule has 0 aliphatic carbocycles. The van der Waals surface area contributed by atoms with Crippen molar-refractivity contribution < 1.29 is 22.7 Å². The molecular weight excluding hydrogens is 458 g/mol. The van der Waals surface area contributed by atoms with Gasteiger partial charge in [0.25, 0.3) is 11.1 Å². The van der Waals surface area contributed by atoms with Gasteiger partial charge in [-0.25, -0.2) is 8.42 Å². The molecule has 33 heavy (non-hydrogen) atoms. The molecular formula is C25H19NO5S2. The van der Waals surface area contributed by atoms with Crippen molar-refractivity contribution in [3.05, 3.63) is 90.0 Å². The first-order valence-corrected chi connectivity index (χ1v) is 12.3. The zero-order chi connectivity index (χ0) is 23.5. The first-order valence-electron chi connectivity index (χ1n) is 9.98. The zero-order valence-electron chi connectivity index (χ0n) is 17.6. The van der Waals surface area contributed by atoms with Gasteiger partial charge in [-0.1, -0.05) is 47.7 Å². The van der Waals surface area contributed by atoms with Crippen molar-refractivity contribution in [2.24, 2.45) is 0 Å². The molecule has 0 aromatic heterocycles. The first-order chi connectivity index (χ1) is 15.8. The second-order valence-electron chi connectivity index (χ2n) is 7.33. The minimum Gasteiger partial charge on any atom is -0.457 e. The first kappa shape index (κ1) is 22.6. The van der Waals surface area contributed by atoms with E-state index in [1.54, 1.807) is 36.4 Å². The van der Waals surface area contributed by atoms with Gasteiger partial charge < -0.3 is 4.74 Å². The van der Waals surface area contributed by atoms with Crippen LogP contribution in [-0.4, -0.2) is 23.6 Å². The summed E-state index contributed by atoms with van der Waals surface area (Å²) in [5, 5.41) is 1.39. The van der Waals surface area contributed by atoms with Crippen molar-refractivity contribution in [2.45, 2.75) is 22.3 Å². The molecule has 0 saturated carbocycles. The monoisotopic (exact) mass is 477 g/mol. The van der Waals surface area contributed by atoms with E-state index in [2.05, 4.69) is 17.2 Å². The summed E-state index contributed by atoms with van der Waals surface area (Å²) >= 11 is 0.456. The molecule has 1 saturated heterocycles. The number of thioether (sulfide) groups is 1. The third-order valence-corrected chi connectivity index (χ3v) is 8.92.